The van der Waals surface area contributed by atoms with E-state index in [9.17, 15) is 4.79 Å². The lowest BCUT2D eigenvalue weighted by atomic mass is 10.1. The zero-order valence-electron chi connectivity index (χ0n) is 13.5. The number of amides is 1. The fourth-order valence-electron chi connectivity index (χ4n) is 3.32. The van der Waals surface area contributed by atoms with E-state index < -0.39 is 5.91 Å². The number of primary amides is 1. The van der Waals surface area contributed by atoms with Crippen LogP contribution in [0.2, 0.25) is 0 Å². The van der Waals surface area contributed by atoms with Crippen LogP contribution in [0.4, 0.5) is 5.82 Å². The van der Waals surface area contributed by atoms with Gasteiger partial charge in [0.2, 0.25) is 0 Å². The number of nitrogens with two attached hydrogens (primary N) is 1. The van der Waals surface area contributed by atoms with Crippen LogP contribution in [-0.4, -0.2) is 33.8 Å². The van der Waals surface area contributed by atoms with E-state index in [0.29, 0.717) is 5.56 Å². The van der Waals surface area contributed by atoms with Gasteiger partial charge in [0.05, 0.1) is 23.3 Å². The van der Waals surface area contributed by atoms with Crippen molar-refractivity contribution < 1.29 is 4.79 Å². The van der Waals surface area contributed by atoms with E-state index in [1.807, 2.05) is 22.9 Å². The molecule has 6 nitrogen and oxygen atoms in total. The lowest BCUT2D eigenvalue weighted by Gasteiger charge is -2.19. The van der Waals surface area contributed by atoms with Crippen LogP contribution in [0, 0.1) is 6.92 Å². The first-order valence-electron chi connectivity index (χ1n) is 8.07. The van der Waals surface area contributed by atoms with Gasteiger partial charge in [-0.1, -0.05) is 18.2 Å². The molecule has 6 heteroatoms. The lowest BCUT2D eigenvalue weighted by molar-refractivity contribution is 0.1000. The van der Waals surface area contributed by atoms with Gasteiger partial charge in [0.25, 0.3) is 5.91 Å². The van der Waals surface area contributed by atoms with Crippen molar-refractivity contribution in [2.24, 2.45) is 5.73 Å². The molecular formula is C18H19N5O. The number of fused-ring (bicyclic) bond motifs is 1. The molecule has 0 spiro atoms. The Morgan fingerprint density at radius 1 is 1.33 bits per heavy atom. The Morgan fingerprint density at radius 3 is 2.96 bits per heavy atom. The van der Waals surface area contributed by atoms with Crippen LogP contribution in [0.25, 0.3) is 10.9 Å². The smallest absolute Gasteiger partial charge is 0.251 e. The van der Waals surface area contributed by atoms with Gasteiger partial charge in [0.1, 0.15) is 5.82 Å². The third kappa shape index (κ3) is 2.50. The molecule has 1 aliphatic heterocycles. The first-order chi connectivity index (χ1) is 11.6. The highest BCUT2D eigenvalue weighted by Crippen LogP contribution is 2.28. The number of carbonyl (C=O) groups is 1. The number of carbonyl (C=O) groups excluding carboxylic acids is 1. The number of hydrogen-bond donors (Lipinski definition) is 1. The van der Waals surface area contributed by atoms with E-state index in [-0.39, 0.29) is 6.04 Å². The summed E-state index contributed by atoms with van der Waals surface area (Å²) >= 11 is 0. The molecule has 0 radical (unpaired) electrons. The average Bonchev–Trinajstić information content (AvgIpc) is 3.24. The van der Waals surface area contributed by atoms with Crippen LogP contribution < -0.4 is 10.6 Å². The fraction of sp³-hybridized carbons (Fsp3) is 0.278. The molecule has 3 heterocycles. The van der Waals surface area contributed by atoms with Crippen LogP contribution in [0.5, 0.6) is 0 Å². The summed E-state index contributed by atoms with van der Waals surface area (Å²) in [5.74, 6) is 0.555. The molecule has 1 aliphatic rings. The number of para-hydroxylation sites is 1. The third-order valence-corrected chi connectivity index (χ3v) is 4.66. The number of pyridine rings is 1. The molecule has 122 valence electrons. The van der Waals surface area contributed by atoms with Gasteiger partial charge in [0.15, 0.2) is 0 Å². The lowest BCUT2D eigenvalue weighted by Crippen LogP contribution is -2.22. The summed E-state index contributed by atoms with van der Waals surface area (Å²) in [6.45, 7) is 3.86. The minimum absolute atomic E-state index is 0.228. The number of anilines is 1. The minimum Gasteiger partial charge on any atom is -0.366 e. The molecule has 1 fully saturated rings. The highest BCUT2D eigenvalue weighted by molar-refractivity contribution is 5.92. The Hall–Kier alpha value is -2.89. The molecule has 2 aromatic heterocycles. The monoisotopic (exact) mass is 321 g/mol. The van der Waals surface area contributed by atoms with Gasteiger partial charge in [0, 0.05) is 24.7 Å². The standard InChI is InChI=1S/C18H19N5O/c1-12-8-17(21-16-5-3-2-4-15(12)16)22-7-6-14(11-22)23-10-13(9-20-23)18(19)24/h2-5,8-10,14H,6-7,11H2,1H3,(H2,19,24). The van der Waals surface area contributed by atoms with Crippen molar-refractivity contribution in [1.82, 2.24) is 14.8 Å². The normalized spacial score (nSPS) is 17.5. The number of aromatic nitrogens is 3. The summed E-state index contributed by atoms with van der Waals surface area (Å²) in [5.41, 5.74) is 8.00. The SMILES string of the molecule is Cc1cc(N2CCC(n3cc(C(N)=O)cn3)C2)nc2ccccc12. The van der Waals surface area contributed by atoms with Crippen LogP contribution in [0.1, 0.15) is 28.4 Å². The van der Waals surface area contributed by atoms with Crippen molar-refractivity contribution in [1.29, 1.82) is 0 Å². The first kappa shape index (κ1) is 14.7. The van der Waals surface area contributed by atoms with Crippen molar-refractivity contribution in [3.63, 3.8) is 0 Å². The summed E-state index contributed by atoms with van der Waals surface area (Å²) in [5, 5.41) is 5.47. The van der Waals surface area contributed by atoms with Gasteiger partial charge in [-0.2, -0.15) is 5.10 Å². The molecule has 0 bridgehead atoms. The van der Waals surface area contributed by atoms with Crippen LogP contribution in [-0.2, 0) is 0 Å². The second-order valence-corrected chi connectivity index (χ2v) is 6.28. The molecule has 0 aliphatic carbocycles. The fourth-order valence-corrected chi connectivity index (χ4v) is 3.32. The molecule has 1 saturated heterocycles. The van der Waals surface area contributed by atoms with E-state index in [1.54, 1.807) is 6.20 Å². The Labute approximate surface area is 139 Å². The quantitative estimate of drug-likeness (QED) is 0.803. The summed E-state index contributed by atoms with van der Waals surface area (Å²) in [4.78, 5) is 18.3. The van der Waals surface area contributed by atoms with Gasteiger partial charge < -0.3 is 10.6 Å². The van der Waals surface area contributed by atoms with Gasteiger partial charge in [-0.05, 0) is 31.0 Å². The van der Waals surface area contributed by atoms with Crippen LogP contribution in [0.15, 0.2) is 42.7 Å². The molecule has 3 aromatic rings. The molecule has 1 atom stereocenters. The molecule has 1 aromatic carbocycles. The number of hydrogen-bond acceptors (Lipinski definition) is 4. The third-order valence-electron chi connectivity index (χ3n) is 4.66. The second kappa shape index (κ2) is 5.63. The summed E-state index contributed by atoms with van der Waals surface area (Å²) in [7, 11) is 0. The molecule has 4 rings (SSSR count). The molecule has 1 unspecified atom stereocenters. The number of nitrogens with zero attached hydrogens (tertiary/aromatic N) is 4. The van der Waals surface area contributed by atoms with Gasteiger partial charge in [-0.3, -0.25) is 9.48 Å². The van der Waals surface area contributed by atoms with Crippen molar-refractivity contribution in [2.75, 3.05) is 18.0 Å². The highest BCUT2D eigenvalue weighted by Gasteiger charge is 2.26. The maximum absolute atomic E-state index is 11.2. The Morgan fingerprint density at radius 2 is 2.17 bits per heavy atom. The zero-order valence-corrected chi connectivity index (χ0v) is 13.5. The first-order valence-corrected chi connectivity index (χ1v) is 8.07. The Bertz CT molecular complexity index is 917. The average molecular weight is 321 g/mol. The zero-order chi connectivity index (χ0) is 16.7. The number of benzene rings is 1. The number of aryl methyl sites for hydroxylation is 1. The van der Waals surface area contributed by atoms with Crippen LogP contribution in [0.3, 0.4) is 0 Å². The molecular weight excluding hydrogens is 302 g/mol. The summed E-state index contributed by atoms with van der Waals surface area (Å²) in [6.07, 6.45) is 4.23. The van der Waals surface area contributed by atoms with Crippen LogP contribution >= 0.6 is 0 Å². The summed E-state index contributed by atoms with van der Waals surface area (Å²) < 4.78 is 1.84. The highest BCUT2D eigenvalue weighted by atomic mass is 16.1. The molecule has 24 heavy (non-hydrogen) atoms. The largest absolute Gasteiger partial charge is 0.366 e. The van der Waals surface area contributed by atoms with Crippen molar-refractivity contribution in [2.45, 2.75) is 19.4 Å². The topological polar surface area (TPSA) is 77.0 Å². The Kier molecular flexibility index (Phi) is 3.45. The predicted molar refractivity (Wildman–Crippen MR) is 93.1 cm³/mol. The van der Waals surface area contributed by atoms with Crippen molar-refractivity contribution >= 4 is 22.6 Å². The maximum Gasteiger partial charge on any atom is 0.251 e. The predicted octanol–water partition coefficient (Wildman–Crippen LogP) is 2.29. The molecule has 0 saturated carbocycles. The summed E-state index contributed by atoms with van der Waals surface area (Å²) in [6, 6.07) is 10.6. The van der Waals surface area contributed by atoms with E-state index in [0.717, 1.165) is 30.8 Å². The van der Waals surface area contributed by atoms with Gasteiger partial charge in [-0.25, -0.2) is 4.98 Å². The van der Waals surface area contributed by atoms with E-state index in [1.165, 1.54) is 17.1 Å². The van der Waals surface area contributed by atoms with Crippen molar-refractivity contribution in [3.8, 4) is 0 Å². The van der Waals surface area contributed by atoms with Gasteiger partial charge in [-0.15, -0.1) is 0 Å². The molecule has 1 amide bonds. The van der Waals surface area contributed by atoms with Gasteiger partial charge >= 0.3 is 0 Å². The van der Waals surface area contributed by atoms with Crippen molar-refractivity contribution in [3.05, 3.63) is 53.9 Å². The number of rotatable bonds is 3. The van der Waals surface area contributed by atoms with E-state index in [2.05, 4.69) is 29.1 Å². The second-order valence-electron chi connectivity index (χ2n) is 6.28. The Balaban J connectivity index is 1.59. The van der Waals surface area contributed by atoms with E-state index in [4.69, 9.17) is 10.7 Å². The minimum atomic E-state index is -0.442. The maximum atomic E-state index is 11.2. The molecule has 2 N–H and O–H groups in total. The van der Waals surface area contributed by atoms with E-state index >= 15 is 0 Å².